The molecule has 0 aliphatic carbocycles. The largest absolute Gasteiger partial charge is 0.454 e. The molecule has 8 heteroatoms. The predicted octanol–water partition coefficient (Wildman–Crippen LogP) is 0.958. The Morgan fingerprint density at radius 2 is 1.59 bits per heavy atom. The number of hydrogen-bond acceptors (Lipinski definition) is 5. The predicted molar refractivity (Wildman–Crippen MR) is 98.2 cm³/mol. The molecule has 0 spiro atoms. The van der Waals surface area contributed by atoms with E-state index in [0.717, 1.165) is 0 Å². The van der Waals surface area contributed by atoms with Crippen LogP contribution in [0.2, 0.25) is 0 Å². The van der Waals surface area contributed by atoms with Crippen LogP contribution in [0.3, 0.4) is 0 Å². The summed E-state index contributed by atoms with van der Waals surface area (Å²) in [5.41, 5.74) is 1.20. The molecule has 8 nitrogen and oxygen atoms in total. The quantitative estimate of drug-likeness (QED) is 0.629. The molecule has 0 atom stereocenters. The topological polar surface area (TPSA) is 114 Å². The third kappa shape index (κ3) is 6.28. The van der Waals surface area contributed by atoms with E-state index in [1.165, 1.54) is 13.1 Å². The number of nitrogens with one attached hydrogen (secondary N) is 3. The van der Waals surface area contributed by atoms with Crippen LogP contribution in [0.4, 0.5) is 5.69 Å². The second kappa shape index (κ2) is 9.71. The van der Waals surface area contributed by atoms with Crippen LogP contribution < -0.4 is 16.0 Å². The van der Waals surface area contributed by atoms with Crippen molar-refractivity contribution in [1.82, 2.24) is 10.6 Å². The van der Waals surface area contributed by atoms with Crippen LogP contribution >= 0.6 is 0 Å². The number of benzene rings is 2. The standard InChI is InChI=1S/C19H19N3O5/c1-20-18(25)14-8-5-9-15(10-14)22-16(23)12-27-17(24)11-21-19(26)13-6-3-2-4-7-13/h2-10H,11-12H2,1H3,(H,20,25)(H,21,26)(H,22,23). The first-order chi connectivity index (χ1) is 13.0. The zero-order valence-electron chi connectivity index (χ0n) is 14.7. The van der Waals surface area contributed by atoms with E-state index in [1.54, 1.807) is 48.5 Å². The van der Waals surface area contributed by atoms with E-state index in [9.17, 15) is 19.2 Å². The first kappa shape index (κ1) is 19.6. The maximum Gasteiger partial charge on any atom is 0.325 e. The van der Waals surface area contributed by atoms with Gasteiger partial charge in [0.25, 0.3) is 17.7 Å². The van der Waals surface area contributed by atoms with Gasteiger partial charge < -0.3 is 20.7 Å². The zero-order valence-corrected chi connectivity index (χ0v) is 14.7. The highest BCUT2D eigenvalue weighted by Crippen LogP contribution is 2.10. The van der Waals surface area contributed by atoms with E-state index in [0.29, 0.717) is 16.8 Å². The molecule has 27 heavy (non-hydrogen) atoms. The van der Waals surface area contributed by atoms with E-state index in [4.69, 9.17) is 4.74 Å². The number of rotatable bonds is 7. The Morgan fingerprint density at radius 3 is 2.30 bits per heavy atom. The van der Waals surface area contributed by atoms with Crippen molar-refractivity contribution in [2.24, 2.45) is 0 Å². The lowest BCUT2D eigenvalue weighted by molar-refractivity contribution is -0.146. The minimum absolute atomic E-state index is 0.285. The molecule has 2 rings (SSSR count). The first-order valence-corrected chi connectivity index (χ1v) is 8.10. The molecule has 0 bridgehead atoms. The maximum absolute atomic E-state index is 11.9. The molecule has 0 aliphatic heterocycles. The number of anilines is 1. The maximum atomic E-state index is 11.9. The molecular formula is C19H19N3O5. The molecule has 0 aromatic heterocycles. The van der Waals surface area contributed by atoms with Crippen LogP contribution in [0.15, 0.2) is 54.6 Å². The fourth-order valence-corrected chi connectivity index (χ4v) is 2.12. The summed E-state index contributed by atoms with van der Waals surface area (Å²) >= 11 is 0. The van der Waals surface area contributed by atoms with Crippen LogP contribution in [-0.4, -0.2) is 43.9 Å². The molecule has 3 amide bonds. The van der Waals surface area contributed by atoms with E-state index in [2.05, 4.69) is 16.0 Å². The highest BCUT2D eigenvalue weighted by molar-refractivity contribution is 5.98. The first-order valence-electron chi connectivity index (χ1n) is 8.10. The molecule has 0 heterocycles. The van der Waals surface area contributed by atoms with Gasteiger partial charge >= 0.3 is 5.97 Å². The number of ether oxygens (including phenoxy) is 1. The van der Waals surface area contributed by atoms with Crippen LogP contribution in [0.1, 0.15) is 20.7 Å². The average Bonchev–Trinajstić information content (AvgIpc) is 2.70. The summed E-state index contributed by atoms with van der Waals surface area (Å²) in [4.78, 5) is 46.9. The lowest BCUT2D eigenvalue weighted by Crippen LogP contribution is -2.32. The Kier molecular flexibility index (Phi) is 7.07. The van der Waals surface area contributed by atoms with Crippen LogP contribution in [0, 0.1) is 0 Å². The van der Waals surface area contributed by atoms with Gasteiger partial charge in [-0.15, -0.1) is 0 Å². The van der Waals surface area contributed by atoms with Gasteiger partial charge in [-0.1, -0.05) is 24.3 Å². The van der Waals surface area contributed by atoms with E-state index in [1.807, 2.05) is 0 Å². The van der Waals surface area contributed by atoms with Crippen molar-refractivity contribution in [3.63, 3.8) is 0 Å². The minimum Gasteiger partial charge on any atom is -0.454 e. The minimum atomic E-state index is -0.742. The third-order valence-corrected chi connectivity index (χ3v) is 3.43. The average molecular weight is 369 g/mol. The molecule has 2 aromatic carbocycles. The molecule has 0 radical (unpaired) electrons. The van der Waals surface area contributed by atoms with E-state index >= 15 is 0 Å². The smallest absolute Gasteiger partial charge is 0.325 e. The molecule has 0 saturated carbocycles. The van der Waals surface area contributed by atoms with Gasteiger partial charge in [-0.05, 0) is 30.3 Å². The molecule has 0 aliphatic rings. The summed E-state index contributed by atoms with van der Waals surface area (Å²) in [6.07, 6.45) is 0. The van der Waals surface area contributed by atoms with Crippen LogP contribution in [0.25, 0.3) is 0 Å². The van der Waals surface area contributed by atoms with Crippen molar-refractivity contribution in [1.29, 1.82) is 0 Å². The summed E-state index contributed by atoms with van der Waals surface area (Å²) in [7, 11) is 1.50. The summed E-state index contributed by atoms with van der Waals surface area (Å²) < 4.78 is 4.82. The van der Waals surface area contributed by atoms with Crippen molar-refractivity contribution in [2.75, 3.05) is 25.5 Å². The van der Waals surface area contributed by atoms with Crippen LogP contribution in [-0.2, 0) is 14.3 Å². The molecule has 2 aromatic rings. The van der Waals surface area contributed by atoms with Gasteiger partial charge in [0.2, 0.25) is 0 Å². The number of carbonyl (C=O) groups excluding carboxylic acids is 4. The van der Waals surface area contributed by atoms with E-state index < -0.39 is 24.4 Å². The molecule has 140 valence electrons. The summed E-state index contributed by atoms with van der Waals surface area (Å²) in [6, 6.07) is 14.7. The number of carbonyl (C=O) groups is 4. The number of amides is 3. The summed E-state index contributed by atoms with van der Waals surface area (Å²) in [6.45, 7) is -0.864. The summed E-state index contributed by atoms with van der Waals surface area (Å²) in [5, 5.41) is 7.41. The van der Waals surface area contributed by atoms with Gasteiger partial charge in [-0.25, -0.2) is 0 Å². The van der Waals surface area contributed by atoms with Crippen molar-refractivity contribution in [3.8, 4) is 0 Å². The van der Waals surface area contributed by atoms with Gasteiger partial charge in [0, 0.05) is 23.9 Å². The van der Waals surface area contributed by atoms with Gasteiger partial charge in [0.1, 0.15) is 6.54 Å². The lowest BCUT2D eigenvalue weighted by Gasteiger charge is -2.08. The molecular weight excluding hydrogens is 350 g/mol. The van der Waals surface area contributed by atoms with Crippen molar-refractivity contribution >= 4 is 29.4 Å². The SMILES string of the molecule is CNC(=O)c1cccc(NC(=O)COC(=O)CNC(=O)c2ccccc2)c1. The second-order valence-electron chi connectivity index (χ2n) is 5.42. The normalized spacial score (nSPS) is 9.81. The Bertz CT molecular complexity index is 836. The Morgan fingerprint density at radius 1 is 0.889 bits per heavy atom. The number of hydrogen-bond donors (Lipinski definition) is 3. The van der Waals surface area contributed by atoms with Gasteiger partial charge in [-0.3, -0.25) is 19.2 Å². The Labute approximate surface area is 155 Å². The number of esters is 1. The van der Waals surface area contributed by atoms with Crippen LogP contribution in [0.5, 0.6) is 0 Å². The molecule has 0 saturated heterocycles. The summed E-state index contributed by atoms with van der Waals surface area (Å²) in [5.74, 6) is -2.00. The third-order valence-electron chi connectivity index (χ3n) is 3.43. The van der Waals surface area contributed by atoms with Gasteiger partial charge in [0.05, 0.1) is 0 Å². The highest BCUT2D eigenvalue weighted by atomic mass is 16.5. The zero-order chi connectivity index (χ0) is 19.6. The van der Waals surface area contributed by atoms with E-state index in [-0.39, 0.29) is 12.5 Å². The monoisotopic (exact) mass is 369 g/mol. The lowest BCUT2D eigenvalue weighted by atomic mass is 10.2. The fraction of sp³-hybridized carbons (Fsp3) is 0.158. The van der Waals surface area contributed by atoms with Crippen molar-refractivity contribution in [3.05, 3.63) is 65.7 Å². The van der Waals surface area contributed by atoms with Crippen molar-refractivity contribution in [2.45, 2.75) is 0 Å². The Hall–Kier alpha value is -3.68. The molecule has 0 fully saturated rings. The van der Waals surface area contributed by atoms with Gasteiger partial charge in [-0.2, -0.15) is 0 Å². The highest BCUT2D eigenvalue weighted by Gasteiger charge is 2.11. The van der Waals surface area contributed by atoms with Crippen molar-refractivity contribution < 1.29 is 23.9 Å². The molecule has 3 N–H and O–H groups in total. The second-order valence-corrected chi connectivity index (χ2v) is 5.42. The Balaban J connectivity index is 1.76. The molecule has 0 unspecified atom stereocenters. The van der Waals surface area contributed by atoms with Gasteiger partial charge in [0.15, 0.2) is 6.61 Å². The fourth-order valence-electron chi connectivity index (χ4n) is 2.12.